The third-order valence-electron chi connectivity index (χ3n) is 3.59. The van der Waals surface area contributed by atoms with Gasteiger partial charge < -0.3 is 16.2 Å². The molecule has 0 atom stereocenters. The minimum atomic E-state index is -0.401. The first-order chi connectivity index (χ1) is 11.6. The van der Waals surface area contributed by atoms with Gasteiger partial charge in [0.1, 0.15) is 28.9 Å². The van der Waals surface area contributed by atoms with Gasteiger partial charge in [0.15, 0.2) is 5.82 Å². The Balaban J connectivity index is 1.95. The van der Waals surface area contributed by atoms with Gasteiger partial charge >= 0.3 is 0 Å². The molecular formula is C17H16FN5O. The average molecular weight is 325 g/mol. The topological polar surface area (TPSA) is 99.9 Å². The van der Waals surface area contributed by atoms with Gasteiger partial charge in [-0.2, -0.15) is 0 Å². The van der Waals surface area contributed by atoms with E-state index >= 15 is 0 Å². The van der Waals surface area contributed by atoms with E-state index in [4.69, 9.17) is 16.2 Å². The number of benzene rings is 1. The molecule has 0 radical (unpaired) electrons. The monoisotopic (exact) mass is 325 g/mol. The Bertz CT molecular complexity index is 847. The Hall–Kier alpha value is -3.22. The summed E-state index contributed by atoms with van der Waals surface area (Å²) in [6.45, 7) is 0. The molecule has 0 aliphatic carbocycles. The Morgan fingerprint density at radius 3 is 2.42 bits per heavy atom. The van der Waals surface area contributed by atoms with E-state index in [1.165, 1.54) is 13.2 Å². The van der Waals surface area contributed by atoms with Crippen molar-refractivity contribution in [2.75, 3.05) is 18.6 Å². The van der Waals surface area contributed by atoms with Gasteiger partial charge in [-0.15, -0.1) is 0 Å². The molecule has 24 heavy (non-hydrogen) atoms. The van der Waals surface area contributed by atoms with Crippen LogP contribution in [0.3, 0.4) is 0 Å². The largest absolute Gasteiger partial charge is 0.497 e. The summed E-state index contributed by atoms with van der Waals surface area (Å²) in [6.07, 6.45) is 1.82. The summed E-state index contributed by atoms with van der Waals surface area (Å²) in [4.78, 5) is 12.6. The lowest BCUT2D eigenvalue weighted by molar-refractivity contribution is 0.411. The number of methoxy groups -OCH3 is 1. The lowest BCUT2D eigenvalue weighted by Crippen LogP contribution is -2.09. The molecule has 1 aromatic carbocycles. The van der Waals surface area contributed by atoms with E-state index in [2.05, 4.69) is 15.0 Å². The minimum Gasteiger partial charge on any atom is -0.497 e. The van der Waals surface area contributed by atoms with Crippen LogP contribution < -0.4 is 16.2 Å². The van der Waals surface area contributed by atoms with Crippen molar-refractivity contribution < 1.29 is 9.13 Å². The molecule has 3 rings (SSSR count). The van der Waals surface area contributed by atoms with Crippen LogP contribution in [-0.4, -0.2) is 22.1 Å². The molecule has 6 nitrogen and oxygen atoms in total. The molecule has 0 saturated heterocycles. The number of rotatable bonds is 4. The van der Waals surface area contributed by atoms with Crippen molar-refractivity contribution in [2.45, 2.75) is 6.42 Å². The van der Waals surface area contributed by atoms with Crippen molar-refractivity contribution in [3.05, 3.63) is 59.5 Å². The van der Waals surface area contributed by atoms with Gasteiger partial charge in [-0.05, 0) is 23.8 Å². The van der Waals surface area contributed by atoms with Crippen molar-refractivity contribution in [2.24, 2.45) is 0 Å². The smallest absolute Gasteiger partial charge is 0.182 e. The molecule has 0 aliphatic heterocycles. The van der Waals surface area contributed by atoms with Crippen LogP contribution in [0.2, 0.25) is 0 Å². The highest BCUT2D eigenvalue weighted by Gasteiger charge is 2.15. The van der Waals surface area contributed by atoms with E-state index in [1.807, 2.05) is 6.07 Å². The van der Waals surface area contributed by atoms with E-state index in [1.54, 1.807) is 30.5 Å². The molecule has 0 fully saturated rings. The third kappa shape index (κ3) is 3.10. The highest BCUT2D eigenvalue weighted by molar-refractivity contribution is 5.62. The number of nitrogens with zero attached hydrogens (tertiary/aromatic N) is 3. The molecule has 0 bridgehead atoms. The SMILES string of the molecule is COc1ccc(Cc2c(N)nc(-c3ccccn3)nc2N)c(F)c1. The summed E-state index contributed by atoms with van der Waals surface area (Å²) >= 11 is 0. The zero-order chi connectivity index (χ0) is 17.1. The van der Waals surface area contributed by atoms with Crippen LogP contribution in [0.5, 0.6) is 5.75 Å². The first-order valence-electron chi connectivity index (χ1n) is 7.24. The molecule has 0 unspecified atom stereocenters. The van der Waals surface area contributed by atoms with Crippen molar-refractivity contribution >= 4 is 11.6 Å². The quantitative estimate of drug-likeness (QED) is 0.764. The zero-order valence-electron chi connectivity index (χ0n) is 13.0. The summed E-state index contributed by atoms with van der Waals surface area (Å²) in [5, 5.41) is 0. The van der Waals surface area contributed by atoms with E-state index in [0.29, 0.717) is 28.4 Å². The van der Waals surface area contributed by atoms with E-state index in [9.17, 15) is 4.39 Å². The van der Waals surface area contributed by atoms with Gasteiger partial charge in [-0.25, -0.2) is 14.4 Å². The van der Waals surface area contributed by atoms with Crippen molar-refractivity contribution in [3.8, 4) is 17.3 Å². The predicted octanol–water partition coefficient (Wildman–Crippen LogP) is 2.44. The fourth-order valence-electron chi connectivity index (χ4n) is 2.30. The number of nitrogen functional groups attached to an aromatic ring is 2. The molecular weight excluding hydrogens is 309 g/mol. The molecule has 2 aromatic heterocycles. The first-order valence-corrected chi connectivity index (χ1v) is 7.24. The van der Waals surface area contributed by atoms with E-state index < -0.39 is 5.82 Å². The maximum atomic E-state index is 14.1. The molecule has 2 heterocycles. The normalized spacial score (nSPS) is 10.6. The first kappa shape index (κ1) is 15.7. The second-order valence-corrected chi connectivity index (χ2v) is 5.15. The maximum Gasteiger partial charge on any atom is 0.182 e. The van der Waals surface area contributed by atoms with Crippen LogP contribution in [-0.2, 0) is 6.42 Å². The number of aromatic nitrogens is 3. The number of ether oxygens (including phenoxy) is 1. The molecule has 4 N–H and O–H groups in total. The molecule has 3 aromatic rings. The van der Waals surface area contributed by atoms with Gasteiger partial charge in [-0.3, -0.25) is 4.98 Å². The Morgan fingerprint density at radius 1 is 1.08 bits per heavy atom. The average Bonchev–Trinajstić information content (AvgIpc) is 2.59. The molecule has 122 valence electrons. The molecule has 7 heteroatoms. The van der Waals surface area contributed by atoms with Gasteiger partial charge in [0, 0.05) is 24.2 Å². The zero-order valence-corrected chi connectivity index (χ0v) is 13.0. The lowest BCUT2D eigenvalue weighted by Gasteiger charge is -2.11. The molecule has 0 amide bonds. The van der Waals surface area contributed by atoms with Crippen molar-refractivity contribution in [3.63, 3.8) is 0 Å². The summed E-state index contributed by atoms with van der Waals surface area (Å²) in [7, 11) is 1.48. The highest BCUT2D eigenvalue weighted by Crippen LogP contribution is 2.26. The number of nitrogens with two attached hydrogens (primary N) is 2. The van der Waals surface area contributed by atoms with Gasteiger partial charge in [0.25, 0.3) is 0 Å². The van der Waals surface area contributed by atoms with Crippen LogP contribution in [0.4, 0.5) is 16.0 Å². The Kier molecular flexibility index (Phi) is 4.24. The van der Waals surface area contributed by atoms with Crippen LogP contribution in [0.25, 0.3) is 11.5 Å². The van der Waals surface area contributed by atoms with Crippen LogP contribution in [0.1, 0.15) is 11.1 Å². The number of halogens is 1. The molecule has 0 spiro atoms. The second kappa shape index (κ2) is 6.49. The van der Waals surface area contributed by atoms with Gasteiger partial charge in [0.2, 0.25) is 0 Å². The van der Waals surface area contributed by atoms with Crippen LogP contribution in [0, 0.1) is 5.82 Å². The van der Waals surface area contributed by atoms with Gasteiger partial charge in [-0.1, -0.05) is 12.1 Å². The summed E-state index contributed by atoms with van der Waals surface area (Å²) in [6, 6.07) is 9.98. The van der Waals surface area contributed by atoms with Crippen LogP contribution >= 0.6 is 0 Å². The summed E-state index contributed by atoms with van der Waals surface area (Å²) < 4.78 is 19.1. The number of anilines is 2. The van der Waals surface area contributed by atoms with E-state index in [-0.39, 0.29) is 18.1 Å². The van der Waals surface area contributed by atoms with Crippen molar-refractivity contribution in [1.82, 2.24) is 15.0 Å². The number of hydrogen-bond donors (Lipinski definition) is 2. The van der Waals surface area contributed by atoms with E-state index in [0.717, 1.165) is 0 Å². The lowest BCUT2D eigenvalue weighted by atomic mass is 10.0. The standard InChI is InChI=1S/C17H16FN5O/c1-24-11-6-5-10(13(18)9-11)8-12-15(19)22-17(23-16(12)20)14-4-2-3-7-21-14/h2-7,9H,8H2,1H3,(H4,19,20,22,23). The highest BCUT2D eigenvalue weighted by atomic mass is 19.1. The fraction of sp³-hybridized carbons (Fsp3) is 0.118. The Morgan fingerprint density at radius 2 is 1.83 bits per heavy atom. The molecule has 0 saturated carbocycles. The maximum absolute atomic E-state index is 14.1. The molecule has 0 aliphatic rings. The Labute approximate surface area is 138 Å². The third-order valence-corrected chi connectivity index (χ3v) is 3.59. The fourth-order valence-corrected chi connectivity index (χ4v) is 2.30. The number of pyridine rings is 1. The number of hydrogen-bond acceptors (Lipinski definition) is 6. The summed E-state index contributed by atoms with van der Waals surface area (Å²) in [5.74, 6) is 0.794. The van der Waals surface area contributed by atoms with Crippen LogP contribution in [0.15, 0.2) is 42.6 Å². The van der Waals surface area contributed by atoms with Crippen molar-refractivity contribution in [1.29, 1.82) is 0 Å². The minimum absolute atomic E-state index is 0.190. The summed E-state index contributed by atoms with van der Waals surface area (Å²) in [5.41, 5.74) is 13.5. The second-order valence-electron chi connectivity index (χ2n) is 5.15. The van der Waals surface area contributed by atoms with Gasteiger partial charge in [0.05, 0.1) is 7.11 Å². The predicted molar refractivity (Wildman–Crippen MR) is 89.8 cm³/mol.